The lowest BCUT2D eigenvalue weighted by Crippen LogP contribution is -2.51. The van der Waals surface area contributed by atoms with Crippen molar-refractivity contribution in [2.75, 3.05) is 38.0 Å². The number of hydrogen-bond donors (Lipinski definition) is 1. The van der Waals surface area contributed by atoms with E-state index in [-0.39, 0.29) is 12.1 Å². The maximum absolute atomic E-state index is 12.3. The van der Waals surface area contributed by atoms with Crippen LogP contribution in [-0.4, -0.2) is 70.2 Å². The molecule has 2 aromatic heterocycles. The molecule has 2 fully saturated rings. The summed E-state index contributed by atoms with van der Waals surface area (Å²) in [5, 5.41) is 5.81. The molecule has 3 heterocycles. The van der Waals surface area contributed by atoms with E-state index < -0.39 is 5.60 Å². The number of rotatable bonds is 5. The summed E-state index contributed by atoms with van der Waals surface area (Å²) in [6.45, 7) is 14.1. The van der Waals surface area contributed by atoms with Crippen molar-refractivity contribution >= 4 is 33.5 Å². The molecule has 0 bridgehead atoms. The number of anilines is 1. The molecule has 1 saturated heterocycles. The fraction of sp³-hybridized carbons (Fsp3) is 0.682. The van der Waals surface area contributed by atoms with Gasteiger partial charge in [-0.3, -0.25) is 4.90 Å². The molecule has 8 heteroatoms. The third-order valence-corrected chi connectivity index (χ3v) is 6.59. The van der Waals surface area contributed by atoms with E-state index >= 15 is 0 Å². The lowest BCUT2D eigenvalue weighted by Gasteiger charge is -2.36. The molecule has 0 spiro atoms. The fourth-order valence-corrected chi connectivity index (χ4v) is 4.72. The summed E-state index contributed by atoms with van der Waals surface area (Å²) in [7, 11) is 0. The zero-order valence-electron chi connectivity index (χ0n) is 18.7. The Bertz CT molecular complexity index is 910. The van der Waals surface area contributed by atoms with Crippen LogP contribution in [0.25, 0.3) is 10.2 Å². The Labute approximate surface area is 182 Å². The smallest absolute Gasteiger partial charge is 0.410 e. The Morgan fingerprint density at radius 3 is 2.60 bits per heavy atom. The van der Waals surface area contributed by atoms with E-state index in [0.29, 0.717) is 19.0 Å². The van der Waals surface area contributed by atoms with Gasteiger partial charge < -0.3 is 15.0 Å². The van der Waals surface area contributed by atoms with Gasteiger partial charge in [0.15, 0.2) is 0 Å². The van der Waals surface area contributed by atoms with Crippen molar-refractivity contribution in [1.82, 2.24) is 19.8 Å². The van der Waals surface area contributed by atoms with Gasteiger partial charge in [-0.05, 0) is 58.4 Å². The van der Waals surface area contributed by atoms with Crippen LogP contribution < -0.4 is 5.32 Å². The molecule has 1 saturated carbocycles. The van der Waals surface area contributed by atoms with E-state index in [1.54, 1.807) is 11.3 Å². The van der Waals surface area contributed by atoms with Gasteiger partial charge in [0.2, 0.25) is 0 Å². The summed E-state index contributed by atoms with van der Waals surface area (Å²) in [6, 6.07) is 0.255. The molecule has 2 aromatic rings. The predicted molar refractivity (Wildman–Crippen MR) is 121 cm³/mol. The predicted octanol–water partition coefficient (Wildman–Crippen LogP) is 4.23. The SMILES string of the molecule is Cc1csc2c(N[C@@H](C)CN3CCN(C(=O)OC(C)(C)C)CC3)nc(C3CC3)nc12. The van der Waals surface area contributed by atoms with E-state index in [0.717, 1.165) is 41.5 Å². The molecule has 4 rings (SSSR count). The summed E-state index contributed by atoms with van der Waals surface area (Å²) in [6.07, 6.45) is 2.19. The number of ether oxygens (including phenoxy) is 1. The number of nitrogens with one attached hydrogen (secondary N) is 1. The number of nitrogens with zero attached hydrogens (tertiary/aromatic N) is 4. The largest absolute Gasteiger partial charge is 0.444 e. The van der Waals surface area contributed by atoms with Crippen LogP contribution in [0, 0.1) is 6.92 Å². The first-order valence-corrected chi connectivity index (χ1v) is 11.8. The van der Waals surface area contributed by atoms with E-state index in [2.05, 4.69) is 29.4 Å². The van der Waals surface area contributed by atoms with Crippen LogP contribution in [0.1, 0.15) is 57.8 Å². The van der Waals surface area contributed by atoms with E-state index in [1.807, 2.05) is 25.7 Å². The molecular formula is C22H33N5O2S. The van der Waals surface area contributed by atoms with Crippen molar-refractivity contribution in [1.29, 1.82) is 0 Å². The van der Waals surface area contributed by atoms with Crippen LogP contribution in [0.4, 0.5) is 10.6 Å². The number of thiophene rings is 1. The Morgan fingerprint density at radius 1 is 1.27 bits per heavy atom. The Kier molecular flexibility index (Phi) is 5.90. The zero-order valence-corrected chi connectivity index (χ0v) is 19.5. The van der Waals surface area contributed by atoms with Crippen LogP contribution in [0.3, 0.4) is 0 Å². The van der Waals surface area contributed by atoms with E-state index in [1.165, 1.54) is 18.4 Å². The Hall–Kier alpha value is -1.93. The van der Waals surface area contributed by atoms with Crippen molar-refractivity contribution in [2.24, 2.45) is 0 Å². The van der Waals surface area contributed by atoms with Crippen LogP contribution in [0.15, 0.2) is 5.38 Å². The monoisotopic (exact) mass is 431 g/mol. The summed E-state index contributed by atoms with van der Waals surface area (Å²) < 4.78 is 6.65. The highest BCUT2D eigenvalue weighted by atomic mass is 32.1. The second-order valence-electron chi connectivity index (χ2n) is 9.61. The average molecular weight is 432 g/mol. The van der Waals surface area contributed by atoms with Gasteiger partial charge in [0.05, 0.1) is 10.2 Å². The first-order valence-electron chi connectivity index (χ1n) is 10.9. The van der Waals surface area contributed by atoms with Gasteiger partial charge in [0.25, 0.3) is 0 Å². The second-order valence-corrected chi connectivity index (χ2v) is 10.5. The van der Waals surface area contributed by atoms with E-state index in [4.69, 9.17) is 14.7 Å². The zero-order chi connectivity index (χ0) is 21.5. The van der Waals surface area contributed by atoms with Crippen molar-refractivity contribution in [3.63, 3.8) is 0 Å². The number of amides is 1. The van der Waals surface area contributed by atoms with Crippen molar-refractivity contribution in [3.05, 3.63) is 16.8 Å². The number of piperazine rings is 1. The molecule has 2 aliphatic rings. The molecular weight excluding hydrogens is 398 g/mol. The average Bonchev–Trinajstić information content (AvgIpc) is 3.45. The quantitative estimate of drug-likeness (QED) is 0.764. The number of aromatic nitrogens is 2. The normalized spacial score (nSPS) is 19.2. The summed E-state index contributed by atoms with van der Waals surface area (Å²) >= 11 is 1.72. The number of fused-ring (bicyclic) bond motifs is 1. The molecule has 0 aromatic carbocycles. The third-order valence-electron chi connectivity index (χ3n) is 5.49. The fourth-order valence-electron chi connectivity index (χ4n) is 3.78. The molecule has 1 amide bonds. The van der Waals surface area contributed by atoms with Gasteiger partial charge in [0, 0.05) is 44.7 Å². The van der Waals surface area contributed by atoms with Crippen molar-refractivity contribution in [2.45, 2.75) is 65.0 Å². The minimum atomic E-state index is -0.449. The number of hydrogen-bond acceptors (Lipinski definition) is 7. The highest BCUT2D eigenvalue weighted by Gasteiger charge is 2.29. The topological polar surface area (TPSA) is 70.6 Å². The summed E-state index contributed by atoms with van der Waals surface area (Å²) in [4.78, 5) is 26.2. The Balaban J connectivity index is 1.35. The van der Waals surface area contributed by atoms with Gasteiger partial charge >= 0.3 is 6.09 Å². The van der Waals surface area contributed by atoms with Crippen LogP contribution >= 0.6 is 11.3 Å². The Morgan fingerprint density at radius 2 is 1.97 bits per heavy atom. The van der Waals surface area contributed by atoms with Crippen LogP contribution in [0.2, 0.25) is 0 Å². The van der Waals surface area contributed by atoms with E-state index in [9.17, 15) is 4.79 Å². The molecule has 7 nitrogen and oxygen atoms in total. The summed E-state index contributed by atoms with van der Waals surface area (Å²) in [5.41, 5.74) is 1.88. The van der Waals surface area contributed by atoms with Crippen LogP contribution in [-0.2, 0) is 4.74 Å². The van der Waals surface area contributed by atoms with Gasteiger partial charge in [-0.1, -0.05) is 0 Å². The minimum absolute atomic E-state index is 0.211. The second kappa shape index (κ2) is 8.30. The molecule has 1 aliphatic carbocycles. The lowest BCUT2D eigenvalue weighted by atomic mass is 10.2. The molecule has 1 aliphatic heterocycles. The first kappa shape index (κ1) is 21.3. The number of aryl methyl sites for hydroxylation is 1. The highest BCUT2D eigenvalue weighted by Crippen LogP contribution is 2.40. The third kappa shape index (κ3) is 5.03. The molecule has 0 unspecified atom stereocenters. The first-order chi connectivity index (χ1) is 14.2. The molecule has 164 valence electrons. The van der Waals surface area contributed by atoms with Gasteiger partial charge in [-0.25, -0.2) is 14.8 Å². The van der Waals surface area contributed by atoms with Gasteiger partial charge in [-0.15, -0.1) is 11.3 Å². The maximum Gasteiger partial charge on any atom is 0.410 e. The highest BCUT2D eigenvalue weighted by molar-refractivity contribution is 7.18. The lowest BCUT2D eigenvalue weighted by molar-refractivity contribution is 0.0144. The van der Waals surface area contributed by atoms with Gasteiger partial charge in [-0.2, -0.15) is 0 Å². The number of carbonyl (C=O) groups is 1. The number of carbonyl (C=O) groups excluding carboxylic acids is 1. The van der Waals surface area contributed by atoms with Crippen LogP contribution in [0.5, 0.6) is 0 Å². The maximum atomic E-state index is 12.3. The summed E-state index contributed by atoms with van der Waals surface area (Å²) in [5.74, 6) is 2.50. The molecule has 1 atom stereocenters. The molecule has 1 N–H and O–H groups in total. The standard InChI is InChI=1S/C22H33N5O2S/c1-14-13-30-18-17(14)24-19(16-6-7-16)25-20(18)23-15(2)12-26-8-10-27(11-9-26)21(28)29-22(3,4)5/h13,15-16H,6-12H2,1-5H3,(H,23,24,25)/t15-/m0/s1. The molecule has 30 heavy (non-hydrogen) atoms. The molecule has 0 radical (unpaired) electrons. The minimum Gasteiger partial charge on any atom is -0.444 e. The van der Waals surface area contributed by atoms with Crippen molar-refractivity contribution in [3.8, 4) is 0 Å². The van der Waals surface area contributed by atoms with Gasteiger partial charge in [0.1, 0.15) is 17.2 Å². The van der Waals surface area contributed by atoms with Crippen molar-refractivity contribution < 1.29 is 9.53 Å².